The summed E-state index contributed by atoms with van der Waals surface area (Å²) in [5.74, 6) is -1.04. The second-order valence-electron chi connectivity index (χ2n) is 6.66. The Labute approximate surface area is 180 Å². The van der Waals surface area contributed by atoms with Gasteiger partial charge in [-0.1, -0.05) is 23.2 Å². The number of carboxylic acids is 1. The van der Waals surface area contributed by atoms with Crippen molar-refractivity contribution < 1.29 is 24.2 Å². The predicted octanol–water partition coefficient (Wildman–Crippen LogP) is 4.15. The number of aromatic carboxylic acids is 1. The number of anilines is 1. The first kappa shape index (κ1) is 20.1. The number of halogens is 2. The fourth-order valence-electron chi connectivity index (χ4n) is 3.50. The van der Waals surface area contributed by atoms with Crippen LogP contribution in [0.4, 0.5) is 10.5 Å². The van der Waals surface area contributed by atoms with E-state index in [1.165, 1.54) is 18.1 Å². The Morgan fingerprint density at radius 1 is 1.20 bits per heavy atom. The van der Waals surface area contributed by atoms with Gasteiger partial charge in [0.15, 0.2) is 0 Å². The van der Waals surface area contributed by atoms with E-state index in [1.807, 2.05) is 0 Å². The minimum atomic E-state index is -1.21. The Kier molecular flexibility index (Phi) is 5.05. The van der Waals surface area contributed by atoms with Crippen molar-refractivity contribution in [1.29, 1.82) is 0 Å². The van der Waals surface area contributed by atoms with Crippen LogP contribution in [0.2, 0.25) is 10.0 Å². The summed E-state index contributed by atoms with van der Waals surface area (Å²) < 4.78 is 5.09. The number of methoxy groups -OCH3 is 1. The number of imide groups is 1. The third kappa shape index (κ3) is 3.34. The van der Waals surface area contributed by atoms with E-state index >= 15 is 0 Å². The molecule has 1 fully saturated rings. The first-order valence-corrected chi connectivity index (χ1v) is 9.54. The maximum absolute atomic E-state index is 12.9. The standard InChI is InChI=1S/C20H15Cl2N3O5/c1-30-12-4-2-11(3-5-12)25-16(26)9-24(20(25)29)8-13-17-14(22)6-10(21)7-15(17)23-18(13)19(27)28/h2-7,23H,8-9H2,1H3,(H,27,28)/i1-1. The average molecular weight is 447 g/mol. The van der Waals surface area contributed by atoms with Crippen molar-refractivity contribution in [1.82, 2.24) is 9.88 Å². The van der Waals surface area contributed by atoms with Gasteiger partial charge in [-0.3, -0.25) is 4.79 Å². The van der Waals surface area contributed by atoms with E-state index in [1.54, 1.807) is 30.3 Å². The molecular weight excluding hydrogens is 432 g/mol. The topological polar surface area (TPSA) is 103 Å². The molecule has 0 bridgehead atoms. The van der Waals surface area contributed by atoms with Gasteiger partial charge < -0.3 is 19.7 Å². The summed E-state index contributed by atoms with van der Waals surface area (Å²) in [5, 5.41) is 10.6. The predicted molar refractivity (Wildman–Crippen MR) is 112 cm³/mol. The Morgan fingerprint density at radius 2 is 1.90 bits per heavy atom. The van der Waals surface area contributed by atoms with Crippen LogP contribution in [0, 0.1) is 0 Å². The Balaban J connectivity index is 1.70. The van der Waals surface area contributed by atoms with E-state index in [4.69, 9.17) is 27.9 Å². The highest BCUT2D eigenvalue weighted by Crippen LogP contribution is 2.34. The number of nitrogens with one attached hydrogen (secondary N) is 1. The van der Waals surface area contributed by atoms with Crippen LogP contribution in [0.3, 0.4) is 0 Å². The largest absolute Gasteiger partial charge is 0.497 e. The number of nitrogens with zero attached hydrogens (tertiary/aromatic N) is 2. The lowest BCUT2D eigenvalue weighted by Gasteiger charge is -2.17. The number of fused-ring (bicyclic) bond motifs is 1. The van der Waals surface area contributed by atoms with Gasteiger partial charge in [-0.15, -0.1) is 0 Å². The smallest absolute Gasteiger partial charge is 0.352 e. The van der Waals surface area contributed by atoms with Crippen LogP contribution in [-0.2, 0) is 11.3 Å². The van der Waals surface area contributed by atoms with E-state index in [-0.39, 0.29) is 23.8 Å². The molecule has 0 saturated carbocycles. The molecule has 154 valence electrons. The number of benzene rings is 2. The summed E-state index contributed by atoms with van der Waals surface area (Å²) in [6.07, 6.45) is 0. The number of carbonyl (C=O) groups is 3. The molecule has 30 heavy (non-hydrogen) atoms. The molecule has 2 heterocycles. The van der Waals surface area contributed by atoms with Crippen molar-refractivity contribution >= 4 is 57.7 Å². The molecule has 0 atom stereocenters. The summed E-state index contributed by atoms with van der Waals surface area (Å²) in [4.78, 5) is 42.3. The van der Waals surface area contributed by atoms with Crippen LogP contribution < -0.4 is 9.64 Å². The Morgan fingerprint density at radius 3 is 2.53 bits per heavy atom. The third-order valence-electron chi connectivity index (χ3n) is 4.85. The second-order valence-corrected chi connectivity index (χ2v) is 7.50. The third-order valence-corrected chi connectivity index (χ3v) is 5.37. The summed E-state index contributed by atoms with van der Waals surface area (Å²) in [5.41, 5.74) is 1.02. The van der Waals surface area contributed by atoms with Crippen LogP contribution in [0.1, 0.15) is 16.1 Å². The number of hydrogen-bond acceptors (Lipinski definition) is 4. The number of H-pyrrole nitrogens is 1. The zero-order valence-corrected chi connectivity index (χ0v) is 17.1. The maximum Gasteiger partial charge on any atom is 0.352 e. The van der Waals surface area contributed by atoms with Crippen molar-refractivity contribution in [2.45, 2.75) is 6.54 Å². The zero-order chi connectivity index (χ0) is 21.6. The average Bonchev–Trinajstić information content (AvgIpc) is 3.19. The number of urea groups is 1. The number of aromatic nitrogens is 1. The SMILES string of the molecule is [11CH3]Oc1ccc(N2C(=O)CN(Cc3c(C(=O)O)[nH]c4cc(Cl)cc(Cl)c34)C2=O)cc1. The van der Waals surface area contributed by atoms with E-state index in [0.717, 1.165) is 4.90 Å². The minimum absolute atomic E-state index is 0.111. The fraction of sp³-hybridized carbons (Fsp3) is 0.150. The van der Waals surface area contributed by atoms with Gasteiger partial charge in [0, 0.05) is 21.5 Å². The van der Waals surface area contributed by atoms with Gasteiger partial charge in [0.1, 0.15) is 18.0 Å². The number of carboxylic acid groups (broad SMARTS) is 1. The monoisotopic (exact) mass is 446 g/mol. The lowest BCUT2D eigenvalue weighted by atomic mass is 10.1. The van der Waals surface area contributed by atoms with Crippen molar-refractivity contribution in [2.24, 2.45) is 0 Å². The molecule has 3 amide bonds. The van der Waals surface area contributed by atoms with Crippen LogP contribution >= 0.6 is 23.2 Å². The number of hydrogen-bond donors (Lipinski definition) is 2. The van der Waals surface area contributed by atoms with Gasteiger partial charge in [0.05, 0.1) is 24.4 Å². The molecule has 3 aromatic rings. The molecular formula is C20H15Cl2N3O5. The van der Waals surface area contributed by atoms with E-state index in [9.17, 15) is 19.5 Å². The van der Waals surface area contributed by atoms with Gasteiger partial charge in [-0.05, 0) is 36.4 Å². The molecule has 0 radical (unpaired) electrons. The summed E-state index contributed by atoms with van der Waals surface area (Å²) in [6, 6.07) is 8.99. The van der Waals surface area contributed by atoms with E-state index in [0.29, 0.717) is 32.9 Å². The first-order valence-electron chi connectivity index (χ1n) is 8.79. The number of ether oxygens (including phenoxy) is 1. The molecule has 8 nitrogen and oxygen atoms in total. The minimum Gasteiger partial charge on any atom is -0.497 e. The lowest BCUT2D eigenvalue weighted by Crippen LogP contribution is -2.33. The maximum atomic E-state index is 12.9. The molecule has 2 aromatic carbocycles. The van der Waals surface area contributed by atoms with Gasteiger partial charge in [-0.2, -0.15) is 0 Å². The van der Waals surface area contributed by atoms with E-state index < -0.39 is 17.9 Å². The molecule has 2 N–H and O–H groups in total. The quantitative estimate of drug-likeness (QED) is 0.572. The second kappa shape index (κ2) is 7.55. The van der Waals surface area contributed by atoms with Crippen LogP contribution in [0.15, 0.2) is 36.4 Å². The molecule has 0 spiro atoms. The van der Waals surface area contributed by atoms with Gasteiger partial charge in [-0.25, -0.2) is 14.5 Å². The first-order chi connectivity index (χ1) is 14.3. The van der Waals surface area contributed by atoms with Crippen LogP contribution in [-0.4, -0.2) is 46.6 Å². The van der Waals surface area contributed by atoms with E-state index in [2.05, 4.69) is 4.98 Å². The Bertz CT molecular complexity index is 1190. The number of amides is 3. The van der Waals surface area contributed by atoms with Crippen LogP contribution in [0.5, 0.6) is 5.75 Å². The van der Waals surface area contributed by atoms with Crippen molar-refractivity contribution in [3.8, 4) is 5.75 Å². The van der Waals surface area contributed by atoms with Gasteiger partial charge >= 0.3 is 12.0 Å². The highest BCUT2D eigenvalue weighted by Gasteiger charge is 2.38. The van der Waals surface area contributed by atoms with Crippen molar-refractivity contribution in [3.63, 3.8) is 0 Å². The molecule has 1 aromatic heterocycles. The normalized spacial score (nSPS) is 14.1. The fourth-order valence-corrected chi connectivity index (χ4v) is 4.11. The number of carbonyl (C=O) groups excluding carboxylic acids is 2. The zero-order valence-electron chi connectivity index (χ0n) is 15.6. The molecule has 0 aliphatic carbocycles. The molecule has 1 aliphatic rings. The number of rotatable bonds is 5. The van der Waals surface area contributed by atoms with Crippen molar-refractivity contribution in [2.75, 3.05) is 18.6 Å². The van der Waals surface area contributed by atoms with Crippen LogP contribution in [0.25, 0.3) is 10.9 Å². The summed E-state index contributed by atoms with van der Waals surface area (Å²) in [7, 11) is 1.52. The molecule has 1 aliphatic heterocycles. The molecule has 4 rings (SSSR count). The van der Waals surface area contributed by atoms with Gasteiger partial charge in [0.2, 0.25) is 0 Å². The van der Waals surface area contributed by atoms with Crippen molar-refractivity contribution in [3.05, 3.63) is 57.7 Å². The molecule has 0 unspecified atom stereocenters. The molecule has 10 heteroatoms. The highest BCUT2D eigenvalue weighted by molar-refractivity contribution is 6.39. The van der Waals surface area contributed by atoms with Gasteiger partial charge in [0.25, 0.3) is 5.91 Å². The molecule has 1 saturated heterocycles. The Hall–Kier alpha value is -3.23. The lowest BCUT2D eigenvalue weighted by molar-refractivity contribution is -0.116. The summed E-state index contributed by atoms with van der Waals surface area (Å²) in [6.45, 7) is -0.304. The summed E-state index contributed by atoms with van der Waals surface area (Å²) >= 11 is 12.3. The number of aromatic amines is 1. The highest BCUT2D eigenvalue weighted by atomic mass is 35.5.